The second kappa shape index (κ2) is 5.27. The van der Waals surface area contributed by atoms with Crippen molar-refractivity contribution in [2.45, 2.75) is 20.3 Å². The number of hydrogen-bond donors (Lipinski definition) is 1. The van der Waals surface area contributed by atoms with E-state index in [0.29, 0.717) is 13.0 Å². The van der Waals surface area contributed by atoms with Crippen LogP contribution in [0.4, 0.5) is 5.69 Å². The quantitative estimate of drug-likeness (QED) is 0.797. The summed E-state index contributed by atoms with van der Waals surface area (Å²) in [6, 6.07) is 7.42. The monoisotopic (exact) mass is 193 g/mol. The highest BCUT2D eigenvalue weighted by Gasteiger charge is 2.04. The van der Waals surface area contributed by atoms with Gasteiger partial charge in [-0.05, 0) is 19.1 Å². The van der Waals surface area contributed by atoms with E-state index >= 15 is 0 Å². The summed E-state index contributed by atoms with van der Waals surface area (Å²) in [4.78, 5) is 11.2. The molecule has 0 atom stereocenters. The first-order chi connectivity index (χ1) is 6.77. The van der Waals surface area contributed by atoms with Crippen LogP contribution in [0.1, 0.15) is 20.3 Å². The zero-order valence-electron chi connectivity index (χ0n) is 8.54. The summed E-state index contributed by atoms with van der Waals surface area (Å²) in [5.74, 6) is 0.717. The summed E-state index contributed by atoms with van der Waals surface area (Å²) in [5, 5.41) is 2.78. The molecule has 0 aliphatic carbocycles. The highest BCUT2D eigenvalue weighted by Crippen LogP contribution is 2.23. The lowest BCUT2D eigenvalue weighted by atomic mass is 10.3. The van der Waals surface area contributed by atoms with Gasteiger partial charge in [-0.25, -0.2) is 0 Å². The van der Waals surface area contributed by atoms with Crippen LogP contribution in [0.5, 0.6) is 5.75 Å². The number of anilines is 1. The zero-order valence-corrected chi connectivity index (χ0v) is 8.54. The van der Waals surface area contributed by atoms with Crippen molar-refractivity contribution in [1.82, 2.24) is 0 Å². The number of benzene rings is 1. The molecule has 1 amide bonds. The van der Waals surface area contributed by atoms with E-state index in [4.69, 9.17) is 4.74 Å². The van der Waals surface area contributed by atoms with E-state index in [0.717, 1.165) is 11.4 Å². The van der Waals surface area contributed by atoms with Crippen molar-refractivity contribution in [1.29, 1.82) is 0 Å². The van der Waals surface area contributed by atoms with E-state index in [9.17, 15) is 4.79 Å². The molecule has 0 saturated carbocycles. The second-order valence-corrected chi connectivity index (χ2v) is 2.83. The zero-order chi connectivity index (χ0) is 10.4. The fraction of sp³-hybridized carbons (Fsp3) is 0.364. The van der Waals surface area contributed by atoms with Crippen LogP contribution in [0.3, 0.4) is 0 Å². The predicted molar refractivity (Wildman–Crippen MR) is 56.5 cm³/mol. The highest BCUT2D eigenvalue weighted by molar-refractivity contribution is 5.91. The number of carbonyl (C=O) groups is 1. The first-order valence-corrected chi connectivity index (χ1v) is 4.79. The van der Waals surface area contributed by atoms with Gasteiger partial charge in [0.05, 0.1) is 12.3 Å². The van der Waals surface area contributed by atoms with Crippen LogP contribution < -0.4 is 10.1 Å². The minimum Gasteiger partial charge on any atom is -0.492 e. The SMILES string of the molecule is CCOc1ccccc1NC(=O)CC. The molecular weight excluding hydrogens is 178 g/mol. The molecule has 0 spiro atoms. The molecule has 0 heterocycles. The Morgan fingerprint density at radius 2 is 2.07 bits per heavy atom. The maximum atomic E-state index is 11.2. The van der Waals surface area contributed by atoms with Gasteiger partial charge < -0.3 is 10.1 Å². The number of para-hydroxylation sites is 2. The average molecular weight is 193 g/mol. The Balaban J connectivity index is 2.78. The maximum Gasteiger partial charge on any atom is 0.224 e. The van der Waals surface area contributed by atoms with Crippen molar-refractivity contribution >= 4 is 11.6 Å². The summed E-state index contributed by atoms with van der Waals surface area (Å²) < 4.78 is 5.37. The van der Waals surface area contributed by atoms with Gasteiger partial charge in [0.2, 0.25) is 5.91 Å². The van der Waals surface area contributed by atoms with Crippen molar-refractivity contribution in [3.05, 3.63) is 24.3 Å². The Bertz CT molecular complexity index is 310. The number of carbonyl (C=O) groups excluding carboxylic acids is 1. The summed E-state index contributed by atoms with van der Waals surface area (Å²) in [6.45, 7) is 4.33. The van der Waals surface area contributed by atoms with Gasteiger partial charge in [0.15, 0.2) is 0 Å². The van der Waals surface area contributed by atoms with Gasteiger partial charge in [0, 0.05) is 6.42 Å². The highest BCUT2D eigenvalue weighted by atomic mass is 16.5. The Labute approximate surface area is 84.1 Å². The second-order valence-electron chi connectivity index (χ2n) is 2.83. The van der Waals surface area contributed by atoms with Gasteiger partial charge in [-0.2, -0.15) is 0 Å². The predicted octanol–water partition coefficient (Wildman–Crippen LogP) is 2.43. The van der Waals surface area contributed by atoms with Crippen LogP contribution in [-0.2, 0) is 4.79 Å². The molecule has 0 bridgehead atoms. The molecule has 1 N–H and O–H groups in total. The maximum absolute atomic E-state index is 11.2. The third-order valence-corrected chi connectivity index (χ3v) is 1.78. The molecule has 1 aromatic rings. The van der Waals surface area contributed by atoms with E-state index < -0.39 is 0 Å². The molecule has 76 valence electrons. The molecule has 0 radical (unpaired) electrons. The number of hydrogen-bond acceptors (Lipinski definition) is 2. The summed E-state index contributed by atoms with van der Waals surface area (Å²) >= 11 is 0. The van der Waals surface area contributed by atoms with Gasteiger partial charge in [0.25, 0.3) is 0 Å². The van der Waals surface area contributed by atoms with Crippen LogP contribution in [0.2, 0.25) is 0 Å². The standard InChI is InChI=1S/C11H15NO2/c1-3-11(13)12-9-7-5-6-8-10(9)14-4-2/h5-8H,3-4H2,1-2H3,(H,12,13). The molecule has 0 aromatic heterocycles. The Hall–Kier alpha value is -1.51. The van der Waals surface area contributed by atoms with Gasteiger partial charge in [-0.3, -0.25) is 4.79 Å². The van der Waals surface area contributed by atoms with E-state index in [2.05, 4.69) is 5.32 Å². The van der Waals surface area contributed by atoms with Gasteiger partial charge >= 0.3 is 0 Å². The van der Waals surface area contributed by atoms with Gasteiger partial charge in [-0.1, -0.05) is 19.1 Å². The van der Waals surface area contributed by atoms with Gasteiger partial charge in [0.1, 0.15) is 5.75 Å². The largest absolute Gasteiger partial charge is 0.492 e. The van der Waals surface area contributed by atoms with Crippen molar-refractivity contribution in [3.8, 4) is 5.75 Å². The summed E-state index contributed by atoms with van der Waals surface area (Å²) in [7, 11) is 0. The third-order valence-electron chi connectivity index (χ3n) is 1.78. The Morgan fingerprint density at radius 3 is 2.71 bits per heavy atom. The number of nitrogens with one attached hydrogen (secondary N) is 1. The summed E-state index contributed by atoms with van der Waals surface area (Å²) in [5.41, 5.74) is 0.737. The van der Waals surface area contributed by atoms with Crippen LogP contribution in [0.15, 0.2) is 24.3 Å². The molecule has 0 fully saturated rings. The van der Waals surface area contributed by atoms with E-state index in [1.165, 1.54) is 0 Å². The van der Waals surface area contributed by atoms with Crippen molar-refractivity contribution in [3.63, 3.8) is 0 Å². The molecule has 0 aliphatic heterocycles. The Morgan fingerprint density at radius 1 is 1.36 bits per heavy atom. The summed E-state index contributed by atoms with van der Waals surface area (Å²) in [6.07, 6.45) is 0.473. The molecule has 0 unspecified atom stereocenters. The first-order valence-electron chi connectivity index (χ1n) is 4.79. The topological polar surface area (TPSA) is 38.3 Å². The number of amides is 1. The smallest absolute Gasteiger partial charge is 0.224 e. The van der Waals surface area contributed by atoms with Crippen molar-refractivity contribution < 1.29 is 9.53 Å². The molecular formula is C11H15NO2. The van der Waals surface area contributed by atoms with E-state index in [1.807, 2.05) is 38.1 Å². The van der Waals surface area contributed by atoms with Crippen LogP contribution in [-0.4, -0.2) is 12.5 Å². The lowest BCUT2D eigenvalue weighted by molar-refractivity contribution is -0.115. The van der Waals surface area contributed by atoms with Gasteiger partial charge in [-0.15, -0.1) is 0 Å². The number of rotatable bonds is 4. The first kappa shape index (κ1) is 10.6. The lowest BCUT2D eigenvalue weighted by Gasteiger charge is -2.10. The molecule has 1 rings (SSSR count). The minimum atomic E-state index is -0.00264. The van der Waals surface area contributed by atoms with E-state index in [-0.39, 0.29) is 5.91 Å². The lowest BCUT2D eigenvalue weighted by Crippen LogP contribution is -2.10. The fourth-order valence-electron chi connectivity index (χ4n) is 1.09. The molecule has 3 heteroatoms. The van der Waals surface area contributed by atoms with Crippen molar-refractivity contribution in [2.75, 3.05) is 11.9 Å². The molecule has 3 nitrogen and oxygen atoms in total. The Kier molecular flexibility index (Phi) is 3.98. The van der Waals surface area contributed by atoms with Crippen molar-refractivity contribution in [2.24, 2.45) is 0 Å². The average Bonchev–Trinajstić information content (AvgIpc) is 2.21. The van der Waals surface area contributed by atoms with E-state index in [1.54, 1.807) is 0 Å². The molecule has 14 heavy (non-hydrogen) atoms. The van der Waals surface area contributed by atoms with Crippen LogP contribution in [0.25, 0.3) is 0 Å². The van der Waals surface area contributed by atoms with Crippen LogP contribution >= 0.6 is 0 Å². The normalized spacial score (nSPS) is 9.57. The molecule has 0 saturated heterocycles. The number of ether oxygens (including phenoxy) is 1. The molecule has 1 aromatic carbocycles. The molecule has 0 aliphatic rings. The fourth-order valence-corrected chi connectivity index (χ4v) is 1.09. The minimum absolute atomic E-state index is 0.00264. The third kappa shape index (κ3) is 2.76. The van der Waals surface area contributed by atoms with Crippen LogP contribution in [0, 0.1) is 0 Å².